The number of unbranched alkanes of at least 4 members (excludes halogenated alkanes) is 1. The summed E-state index contributed by atoms with van der Waals surface area (Å²) in [5.41, 5.74) is -0.210. The van der Waals surface area contributed by atoms with Gasteiger partial charge in [0.05, 0.1) is 5.75 Å². The van der Waals surface area contributed by atoms with Crippen molar-refractivity contribution in [2.24, 2.45) is 0 Å². The lowest BCUT2D eigenvalue weighted by Crippen LogP contribution is -2.47. The second-order valence-electron chi connectivity index (χ2n) is 4.94. The third-order valence-corrected chi connectivity index (χ3v) is 5.05. The van der Waals surface area contributed by atoms with Crippen molar-refractivity contribution in [3.8, 4) is 0 Å². The van der Waals surface area contributed by atoms with Crippen LogP contribution in [-0.4, -0.2) is 25.6 Å². The molecule has 0 amide bonds. The van der Waals surface area contributed by atoms with Crippen molar-refractivity contribution in [1.29, 1.82) is 0 Å². The molecule has 1 fully saturated rings. The van der Waals surface area contributed by atoms with Gasteiger partial charge in [-0.25, -0.2) is 13.1 Å². The Bertz CT molecular complexity index is 297. The van der Waals surface area contributed by atoms with E-state index in [2.05, 4.69) is 4.72 Å². The first-order chi connectivity index (χ1) is 7.47. The minimum atomic E-state index is -3.12. The molecule has 0 aromatic rings. The maximum atomic E-state index is 11.8. The predicted molar refractivity (Wildman–Crippen MR) is 68.4 cm³/mol. The molecule has 5 heteroatoms. The van der Waals surface area contributed by atoms with Gasteiger partial charge in [-0.15, -0.1) is 11.6 Å². The zero-order chi connectivity index (χ0) is 12.1. The molecule has 0 aliphatic heterocycles. The van der Waals surface area contributed by atoms with Crippen LogP contribution in [0.3, 0.4) is 0 Å². The Morgan fingerprint density at radius 2 is 1.81 bits per heavy atom. The Morgan fingerprint density at radius 1 is 1.19 bits per heavy atom. The highest BCUT2D eigenvalue weighted by Gasteiger charge is 2.30. The molecule has 0 saturated heterocycles. The lowest BCUT2D eigenvalue weighted by atomic mass is 9.84. The van der Waals surface area contributed by atoms with Crippen LogP contribution < -0.4 is 4.72 Å². The molecule has 0 spiro atoms. The smallest absolute Gasteiger partial charge is 0.212 e. The molecule has 1 saturated carbocycles. The van der Waals surface area contributed by atoms with Gasteiger partial charge in [-0.3, -0.25) is 0 Å². The molecule has 1 rings (SSSR count). The quantitative estimate of drug-likeness (QED) is 0.594. The van der Waals surface area contributed by atoms with E-state index in [4.69, 9.17) is 11.6 Å². The highest BCUT2D eigenvalue weighted by Crippen LogP contribution is 2.28. The average Bonchev–Trinajstić information content (AvgIpc) is 2.17. The van der Waals surface area contributed by atoms with E-state index in [1.807, 2.05) is 6.92 Å². The van der Waals surface area contributed by atoms with Crippen molar-refractivity contribution in [3.63, 3.8) is 0 Å². The van der Waals surface area contributed by atoms with Crippen molar-refractivity contribution in [3.05, 3.63) is 0 Å². The Kier molecular flexibility index (Phi) is 5.54. The fraction of sp³-hybridized carbons (Fsp3) is 1.00. The van der Waals surface area contributed by atoms with Gasteiger partial charge in [-0.2, -0.15) is 0 Å². The van der Waals surface area contributed by atoms with Gasteiger partial charge in [0.1, 0.15) is 0 Å². The molecular weight excluding hydrogens is 246 g/mol. The second kappa shape index (κ2) is 6.22. The first kappa shape index (κ1) is 14.3. The summed E-state index contributed by atoms with van der Waals surface area (Å²) in [6.07, 6.45) is 6.81. The van der Waals surface area contributed by atoms with Gasteiger partial charge < -0.3 is 0 Å². The molecule has 3 nitrogen and oxygen atoms in total. The lowest BCUT2D eigenvalue weighted by molar-refractivity contribution is 0.294. The van der Waals surface area contributed by atoms with Crippen LogP contribution in [0.4, 0.5) is 0 Å². The molecule has 0 atom stereocenters. The van der Waals surface area contributed by atoms with E-state index < -0.39 is 10.0 Å². The maximum absolute atomic E-state index is 11.8. The van der Waals surface area contributed by atoms with Crippen molar-refractivity contribution in [2.45, 2.75) is 57.4 Å². The van der Waals surface area contributed by atoms with Crippen molar-refractivity contribution < 1.29 is 8.42 Å². The van der Waals surface area contributed by atoms with Gasteiger partial charge in [0.2, 0.25) is 10.0 Å². The summed E-state index contributed by atoms with van der Waals surface area (Å²) in [4.78, 5) is 0. The topological polar surface area (TPSA) is 46.2 Å². The first-order valence-corrected chi connectivity index (χ1v) is 8.24. The zero-order valence-electron chi connectivity index (χ0n) is 9.97. The van der Waals surface area contributed by atoms with E-state index in [9.17, 15) is 8.42 Å². The van der Waals surface area contributed by atoms with Gasteiger partial charge in [0.15, 0.2) is 0 Å². The van der Waals surface area contributed by atoms with Gasteiger partial charge in [-0.05, 0) is 32.6 Å². The zero-order valence-corrected chi connectivity index (χ0v) is 11.5. The standard InChI is InChI=1S/C11H22ClNO2S/c1-11(7-3-2-4-8-11)13-16(14,15)10-6-5-9-12/h13H,2-10H2,1H3. The number of nitrogens with one attached hydrogen (secondary N) is 1. The second-order valence-corrected chi connectivity index (χ2v) is 7.16. The minimum absolute atomic E-state index is 0.204. The van der Waals surface area contributed by atoms with Gasteiger partial charge in [-0.1, -0.05) is 19.3 Å². The molecule has 0 bridgehead atoms. The number of rotatable bonds is 6. The molecule has 1 aliphatic carbocycles. The number of sulfonamides is 1. The van der Waals surface area contributed by atoms with E-state index in [0.29, 0.717) is 12.3 Å². The Morgan fingerprint density at radius 3 is 2.38 bits per heavy atom. The van der Waals surface area contributed by atoms with Crippen LogP contribution in [0.25, 0.3) is 0 Å². The fourth-order valence-corrected chi connectivity index (χ4v) is 4.08. The third-order valence-electron chi connectivity index (χ3n) is 3.16. The Labute approximate surface area is 104 Å². The largest absolute Gasteiger partial charge is 0.212 e. The van der Waals surface area contributed by atoms with Crippen LogP contribution in [0.1, 0.15) is 51.9 Å². The van der Waals surface area contributed by atoms with Gasteiger partial charge >= 0.3 is 0 Å². The molecular formula is C11H22ClNO2S. The summed E-state index contributed by atoms with van der Waals surface area (Å²) in [5.74, 6) is 0.738. The number of hydrogen-bond donors (Lipinski definition) is 1. The van der Waals surface area contributed by atoms with Crippen LogP contribution >= 0.6 is 11.6 Å². The summed E-state index contributed by atoms with van der Waals surface area (Å²) in [6.45, 7) is 2.02. The minimum Gasteiger partial charge on any atom is -0.212 e. The van der Waals surface area contributed by atoms with Crippen molar-refractivity contribution in [2.75, 3.05) is 11.6 Å². The normalized spacial score (nSPS) is 20.9. The average molecular weight is 268 g/mol. The maximum Gasteiger partial charge on any atom is 0.212 e. The summed E-state index contributed by atoms with van der Waals surface area (Å²) in [5, 5.41) is 0. The Balaban J connectivity index is 2.44. The van der Waals surface area contributed by atoms with Crippen LogP contribution in [-0.2, 0) is 10.0 Å². The van der Waals surface area contributed by atoms with E-state index in [1.54, 1.807) is 0 Å². The van der Waals surface area contributed by atoms with Crippen LogP contribution in [0.5, 0.6) is 0 Å². The number of hydrogen-bond acceptors (Lipinski definition) is 2. The third kappa shape index (κ3) is 5.02. The molecule has 0 unspecified atom stereocenters. The van der Waals surface area contributed by atoms with Crippen LogP contribution in [0.2, 0.25) is 0 Å². The number of alkyl halides is 1. The molecule has 0 aromatic heterocycles. The summed E-state index contributed by atoms with van der Waals surface area (Å²) >= 11 is 5.53. The summed E-state index contributed by atoms with van der Waals surface area (Å²) in [7, 11) is -3.12. The highest BCUT2D eigenvalue weighted by molar-refractivity contribution is 7.89. The van der Waals surface area contributed by atoms with Gasteiger partial charge in [0.25, 0.3) is 0 Å². The Hall–Kier alpha value is 0.200. The highest BCUT2D eigenvalue weighted by atomic mass is 35.5. The SMILES string of the molecule is CC1(NS(=O)(=O)CCCCCl)CCCCC1. The first-order valence-electron chi connectivity index (χ1n) is 6.05. The predicted octanol–water partition coefficient (Wildman–Crippen LogP) is 2.65. The molecule has 0 aromatic carbocycles. The summed E-state index contributed by atoms with van der Waals surface area (Å²) in [6, 6.07) is 0. The molecule has 96 valence electrons. The van der Waals surface area contributed by atoms with Gasteiger partial charge in [0, 0.05) is 11.4 Å². The van der Waals surface area contributed by atoms with Crippen LogP contribution in [0, 0.1) is 0 Å². The molecule has 16 heavy (non-hydrogen) atoms. The van der Waals surface area contributed by atoms with E-state index in [0.717, 1.165) is 32.1 Å². The van der Waals surface area contributed by atoms with Crippen LogP contribution in [0.15, 0.2) is 0 Å². The molecule has 0 radical (unpaired) electrons. The molecule has 0 heterocycles. The molecule has 1 N–H and O–H groups in total. The van der Waals surface area contributed by atoms with E-state index in [-0.39, 0.29) is 11.3 Å². The van der Waals surface area contributed by atoms with E-state index in [1.165, 1.54) is 6.42 Å². The lowest BCUT2D eigenvalue weighted by Gasteiger charge is -2.34. The monoisotopic (exact) mass is 267 g/mol. The van der Waals surface area contributed by atoms with E-state index >= 15 is 0 Å². The fourth-order valence-electron chi connectivity index (χ4n) is 2.25. The summed E-state index contributed by atoms with van der Waals surface area (Å²) < 4.78 is 26.5. The number of halogens is 1. The van der Waals surface area contributed by atoms with Crippen molar-refractivity contribution in [1.82, 2.24) is 4.72 Å². The molecule has 1 aliphatic rings. The van der Waals surface area contributed by atoms with Crippen molar-refractivity contribution >= 4 is 21.6 Å².